The molecule has 1 atom stereocenters. The van der Waals surface area contributed by atoms with Gasteiger partial charge in [0, 0.05) is 63.3 Å². The third-order valence-corrected chi connectivity index (χ3v) is 10.8. The molecule has 0 saturated heterocycles. The van der Waals surface area contributed by atoms with Gasteiger partial charge in [-0.05, 0) is 106 Å². The van der Waals surface area contributed by atoms with Gasteiger partial charge in [-0.15, -0.1) is 0 Å². The van der Waals surface area contributed by atoms with Gasteiger partial charge in [0.05, 0.1) is 11.8 Å². The number of aliphatic hydroxyl groups is 2. The van der Waals surface area contributed by atoms with Crippen LogP contribution in [-0.4, -0.2) is 96.7 Å². The lowest BCUT2D eigenvalue weighted by molar-refractivity contribution is -0.122. The van der Waals surface area contributed by atoms with Crippen LogP contribution in [0.3, 0.4) is 0 Å². The molecule has 3 saturated carbocycles. The van der Waals surface area contributed by atoms with E-state index in [0.29, 0.717) is 72.8 Å². The molecule has 50 heavy (non-hydrogen) atoms. The summed E-state index contributed by atoms with van der Waals surface area (Å²) in [5, 5.41) is 30.5. The van der Waals surface area contributed by atoms with Gasteiger partial charge in [-0.3, -0.25) is 19.5 Å². The maximum atomic E-state index is 13.5. The summed E-state index contributed by atoms with van der Waals surface area (Å²) in [4.78, 5) is 38.6. The van der Waals surface area contributed by atoms with Crippen molar-refractivity contribution in [1.29, 1.82) is 0 Å². The van der Waals surface area contributed by atoms with Crippen molar-refractivity contribution in [2.75, 3.05) is 56.1 Å². The number of anilines is 2. The number of allylic oxidation sites excluding steroid dienone is 1. The second-order valence-corrected chi connectivity index (χ2v) is 14.6. The Bertz CT molecular complexity index is 1580. The number of rotatable bonds is 17. The van der Waals surface area contributed by atoms with E-state index in [1.54, 1.807) is 6.92 Å². The summed E-state index contributed by atoms with van der Waals surface area (Å²) in [6.45, 7) is 11.0. The van der Waals surface area contributed by atoms with Crippen molar-refractivity contribution in [3.05, 3.63) is 58.5 Å². The molecule has 2 heterocycles. The molecule has 12 nitrogen and oxygen atoms in total. The number of carbonyl (C=O) groups is 2. The Morgan fingerprint density at radius 1 is 1.18 bits per heavy atom. The summed E-state index contributed by atoms with van der Waals surface area (Å²) >= 11 is 0. The van der Waals surface area contributed by atoms with Crippen molar-refractivity contribution in [1.82, 2.24) is 20.5 Å². The first-order valence-corrected chi connectivity index (χ1v) is 18.2. The number of carbonyl (C=O) groups excluding carboxylic acids is 2. The van der Waals surface area contributed by atoms with Gasteiger partial charge in [-0.1, -0.05) is 12.5 Å². The minimum absolute atomic E-state index is 0.0321. The molecular weight excluding hydrogens is 634 g/mol. The van der Waals surface area contributed by atoms with Gasteiger partial charge in [-0.2, -0.15) is 0 Å². The van der Waals surface area contributed by atoms with E-state index in [1.807, 2.05) is 37.3 Å². The highest BCUT2D eigenvalue weighted by atomic mass is 16.5. The van der Waals surface area contributed by atoms with Gasteiger partial charge < -0.3 is 35.8 Å². The number of likely N-dealkylation sites (N-methyl/N-ethyl adjacent to an activating group) is 1. The monoisotopic (exact) mass is 687 g/mol. The van der Waals surface area contributed by atoms with E-state index >= 15 is 0 Å². The van der Waals surface area contributed by atoms with E-state index in [4.69, 9.17) is 9.72 Å². The zero-order valence-corrected chi connectivity index (χ0v) is 29.5. The summed E-state index contributed by atoms with van der Waals surface area (Å²) in [5.41, 5.74) is 3.79. The van der Waals surface area contributed by atoms with Crippen molar-refractivity contribution < 1.29 is 24.5 Å². The first-order chi connectivity index (χ1) is 24.1. The second-order valence-electron chi connectivity index (χ2n) is 14.6. The van der Waals surface area contributed by atoms with E-state index in [0.717, 1.165) is 44.2 Å². The van der Waals surface area contributed by atoms with Crippen LogP contribution in [0.1, 0.15) is 80.3 Å². The lowest BCUT2D eigenvalue weighted by Crippen LogP contribution is -2.49. The topological polar surface area (TPSA) is 152 Å². The Labute approximate surface area is 295 Å². The number of ether oxygens (including phenoxy) is 1. The van der Waals surface area contributed by atoms with Crippen LogP contribution in [0.15, 0.2) is 46.8 Å². The minimum atomic E-state index is -0.741. The number of β-amino-alcohol motifs (C(OH)–C–C–N with tert-alkyl or cyclic N) is 1. The van der Waals surface area contributed by atoms with Crippen LogP contribution in [0.25, 0.3) is 0 Å². The number of aliphatic imine (C=N–C) groups is 1. The summed E-state index contributed by atoms with van der Waals surface area (Å²) in [6.07, 6.45) is 8.22. The Kier molecular flexibility index (Phi) is 11.3. The lowest BCUT2D eigenvalue weighted by atomic mass is 9.54. The molecule has 3 aliphatic carbocycles. The van der Waals surface area contributed by atoms with Gasteiger partial charge >= 0.3 is 0 Å². The van der Waals surface area contributed by atoms with Crippen molar-refractivity contribution in [2.24, 2.45) is 16.3 Å². The van der Waals surface area contributed by atoms with Gasteiger partial charge in [0.2, 0.25) is 5.91 Å². The number of hydrogen-bond acceptors (Lipinski definition) is 10. The van der Waals surface area contributed by atoms with Crippen molar-refractivity contribution in [2.45, 2.75) is 83.9 Å². The van der Waals surface area contributed by atoms with Crippen LogP contribution in [0.4, 0.5) is 11.6 Å². The Balaban J connectivity index is 1.03. The van der Waals surface area contributed by atoms with Crippen LogP contribution in [0, 0.1) is 11.3 Å². The molecule has 0 radical (unpaired) electrons. The number of fused-ring (bicyclic) bond motifs is 1. The Morgan fingerprint density at radius 3 is 2.68 bits per heavy atom. The number of benzene rings is 1. The first kappa shape index (κ1) is 35.7. The zero-order valence-electron chi connectivity index (χ0n) is 29.5. The standard InChI is InChI=1S/C38H53N7O5/c1-4-45(15-13-40-36(48)26-6-7-26)35-18-29(17-34(43-35)42-30-19-38(20-30)11-5-12-38)37(49)41-21-31(46)23-44-14-10-27-16-32(9-8-28(27)22-44)50-24-33(47)25(2)39-3/h8-9,16-18,26,30-31,46-47H,3-7,10-15,19-24H2,1-2H3,(H,40,48)(H,41,49)(H,42,43)/t31-/m0/s1. The average Bonchev–Trinajstić information content (AvgIpc) is 3.94. The first-order valence-electron chi connectivity index (χ1n) is 18.2. The number of nitrogens with zero attached hydrogens (tertiary/aromatic N) is 4. The van der Waals surface area contributed by atoms with Crippen LogP contribution in [0.5, 0.6) is 5.75 Å². The van der Waals surface area contributed by atoms with Gasteiger partial charge in [-0.25, -0.2) is 4.98 Å². The molecular formula is C38H53N7O5. The Hall–Kier alpha value is -4.16. The summed E-state index contributed by atoms with van der Waals surface area (Å²) in [7, 11) is 0. The molecule has 1 aromatic heterocycles. The van der Waals surface area contributed by atoms with Crippen molar-refractivity contribution in [3.8, 4) is 5.75 Å². The quantitative estimate of drug-likeness (QED) is 0.122. The smallest absolute Gasteiger partial charge is 0.251 e. The molecule has 2 amide bonds. The zero-order chi connectivity index (χ0) is 35.3. The highest BCUT2D eigenvalue weighted by Gasteiger charge is 2.48. The predicted octanol–water partition coefficient (Wildman–Crippen LogP) is 4.20. The highest BCUT2D eigenvalue weighted by Crippen LogP contribution is 2.56. The maximum absolute atomic E-state index is 13.5. The molecule has 1 aliphatic heterocycles. The molecule has 2 aromatic rings. The SMILES string of the molecule is C=NC(C)=C(O)COc1ccc2c(c1)CCN(C[C@@H](O)CNC(=O)c1cc(NC3CC4(CCC4)C3)nc(N(CC)CCNC(=O)C3CC3)c1)C2. The third kappa shape index (κ3) is 8.95. The van der Waals surface area contributed by atoms with Gasteiger partial charge in [0.1, 0.15) is 24.0 Å². The van der Waals surface area contributed by atoms with E-state index in [-0.39, 0.29) is 36.6 Å². The van der Waals surface area contributed by atoms with Crippen LogP contribution < -0.4 is 25.6 Å². The number of aromatic nitrogens is 1. The van der Waals surface area contributed by atoms with Crippen LogP contribution >= 0.6 is 0 Å². The van der Waals surface area contributed by atoms with Crippen LogP contribution in [0.2, 0.25) is 0 Å². The predicted molar refractivity (Wildman–Crippen MR) is 195 cm³/mol. The fourth-order valence-electron chi connectivity index (χ4n) is 7.36. The molecule has 1 spiro atoms. The fraction of sp³-hybridized carbons (Fsp3) is 0.579. The molecule has 12 heteroatoms. The molecule has 1 aromatic carbocycles. The normalized spacial score (nSPS) is 19.3. The van der Waals surface area contributed by atoms with E-state index in [2.05, 4.69) is 37.5 Å². The van der Waals surface area contributed by atoms with E-state index in [9.17, 15) is 19.8 Å². The molecule has 0 unspecified atom stereocenters. The molecule has 0 bridgehead atoms. The highest BCUT2D eigenvalue weighted by molar-refractivity contribution is 5.95. The average molecular weight is 688 g/mol. The molecule has 5 N–H and O–H groups in total. The van der Waals surface area contributed by atoms with Crippen molar-refractivity contribution in [3.63, 3.8) is 0 Å². The summed E-state index contributed by atoms with van der Waals surface area (Å²) in [6, 6.07) is 9.88. The Morgan fingerprint density at radius 2 is 1.98 bits per heavy atom. The molecule has 4 aliphatic rings. The number of amides is 2. The van der Waals surface area contributed by atoms with Gasteiger partial charge in [0.25, 0.3) is 5.91 Å². The lowest BCUT2D eigenvalue weighted by Gasteiger charge is -2.54. The number of nitrogens with one attached hydrogen (secondary N) is 3. The molecule has 3 fully saturated rings. The maximum Gasteiger partial charge on any atom is 0.251 e. The molecule has 270 valence electrons. The second kappa shape index (κ2) is 15.8. The van der Waals surface area contributed by atoms with Crippen molar-refractivity contribution >= 4 is 30.2 Å². The summed E-state index contributed by atoms with van der Waals surface area (Å²) < 4.78 is 5.74. The summed E-state index contributed by atoms with van der Waals surface area (Å²) in [5.74, 6) is 2.14. The van der Waals surface area contributed by atoms with E-state index < -0.39 is 6.10 Å². The van der Waals surface area contributed by atoms with Gasteiger partial charge in [0.15, 0.2) is 5.76 Å². The van der Waals surface area contributed by atoms with Crippen LogP contribution in [-0.2, 0) is 17.8 Å². The third-order valence-electron chi connectivity index (χ3n) is 10.8. The largest absolute Gasteiger partial charge is 0.507 e. The fourth-order valence-corrected chi connectivity index (χ4v) is 7.36. The van der Waals surface area contributed by atoms with E-state index in [1.165, 1.54) is 24.8 Å². The number of pyridine rings is 1. The number of aliphatic hydroxyl groups excluding tert-OH is 2. The number of hydrogen-bond donors (Lipinski definition) is 5. The molecule has 6 rings (SSSR count). The minimum Gasteiger partial charge on any atom is -0.507 e.